The largest absolute Gasteiger partial charge is 0.478 e. The van der Waals surface area contributed by atoms with Gasteiger partial charge in [-0.1, -0.05) is 32.3 Å². The molecule has 0 radical (unpaired) electrons. The minimum absolute atomic E-state index is 0.675. The SMILES string of the molecule is CC(=CC(=O)O)CNCCCCC(C)C. The van der Waals surface area contributed by atoms with Gasteiger partial charge < -0.3 is 10.4 Å². The summed E-state index contributed by atoms with van der Waals surface area (Å²) >= 11 is 0. The lowest BCUT2D eigenvalue weighted by Crippen LogP contribution is -2.18. The van der Waals surface area contributed by atoms with Crippen LogP contribution in [0.5, 0.6) is 0 Å². The Morgan fingerprint density at radius 1 is 1.40 bits per heavy atom. The normalized spacial score (nSPS) is 12.1. The van der Waals surface area contributed by atoms with Crippen molar-refractivity contribution in [2.24, 2.45) is 5.92 Å². The predicted octanol–water partition coefficient (Wildman–Crippen LogP) is 2.43. The molecular weight excluding hydrogens is 190 g/mol. The molecule has 0 rings (SSSR count). The van der Waals surface area contributed by atoms with E-state index in [0.717, 1.165) is 18.0 Å². The Morgan fingerprint density at radius 3 is 2.60 bits per heavy atom. The van der Waals surface area contributed by atoms with Crippen LogP contribution in [0.4, 0.5) is 0 Å². The van der Waals surface area contributed by atoms with Gasteiger partial charge in [0.2, 0.25) is 0 Å². The first-order valence-corrected chi connectivity index (χ1v) is 5.63. The molecule has 0 aromatic carbocycles. The molecule has 15 heavy (non-hydrogen) atoms. The quantitative estimate of drug-likeness (QED) is 0.481. The molecule has 0 heterocycles. The Hall–Kier alpha value is -0.830. The Morgan fingerprint density at radius 2 is 2.07 bits per heavy atom. The van der Waals surface area contributed by atoms with Gasteiger partial charge in [-0.2, -0.15) is 0 Å². The van der Waals surface area contributed by atoms with Crippen molar-refractivity contribution in [3.8, 4) is 0 Å². The molecule has 0 aliphatic heterocycles. The van der Waals surface area contributed by atoms with E-state index >= 15 is 0 Å². The highest BCUT2D eigenvalue weighted by Gasteiger charge is 1.95. The van der Waals surface area contributed by atoms with Crippen LogP contribution < -0.4 is 5.32 Å². The molecule has 3 heteroatoms. The van der Waals surface area contributed by atoms with Crippen molar-refractivity contribution in [2.45, 2.75) is 40.0 Å². The molecule has 0 aromatic rings. The second kappa shape index (κ2) is 8.48. The zero-order valence-electron chi connectivity index (χ0n) is 10.0. The molecule has 0 aliphatic rings. The second-order valence-electron chi connectivity index (χ2n) is 4.40. The Balaban J connectivity index is 3.35. The fourth-order valence-corrected chi connectivity index (χ4v) is 1.35. The van der Waals surface area contributed by atoms with Crippen LogP contribution in [0.1, 0.15) is 40.0 Å². The molecule has 0 amide bonds. The number of aliphatic carboxylic acids is 1. The van der Waals surface area contributed by atoms with Crippen molar-refractivity contribution in [1.29, 1.82) is 0 Å². The summed E-state index contributed by atoms with van der Waals surface area (Å²) in [5, 5.41) is 11.7. The number of carboxylic acid groups (broad SMARTS) is 1. The summed E-state index contributed by atoms with van der Waals surface area (Å²) in [5.41, 5.74) is 0.867. The molecule has 0 atom stereocenters. The van der Waals surface area contributed by atoms with Crippen molar-refractivity contribution >= 4 is 5.97 Å². The van der Waals surface area contributed by atoms with E-state index in [2.05, 4.69) is 19.2 Å². The lowest BCUT2D eigenvalue weighted by atomic mass is 10.1. The fourth-order valence-electron chi connectivity index (χ4n) is 1.35. The van der Waals surface area contributed by atoms with Gasteiger partial charge in [0.15, 0.2) is 0 Å². The van der Waals surface area contributed by atoms with Crippen LogP contribution in [0.3, 0.4) is 0 Å². The number of carbonyl (C=O) groups is 1. The van der Waals surface area contributed by atoms with Crippen LogP contribution in [0.2, 0.25) is 0 Å². The van der Waals surface area contributed by atoms with Crippen LogP contribution in [-0.4, -0.2) is 24.2 Å². The van der Waals surface area contributed by atoms with Crippen LogP contribution in [-0.2, 0) is 4.79 Å². The van der Waals surface area contributed by atoms with Gasteiger partial charge in [0.05, 0.1) is 0 Å². The highest BCUT2D eigenvalue weighted by molar-refractivity contribution is 5.80. The Kier molecular flexibility index (Phi) is 8.01. The maximum Gasteiger partial charge on any atom is 0.328 e. The summed E-state index contributed by atoms with van der Waals surface area (Å²) in [4.78, 5) is 10.3. The molecule has 88 valence electrons. The molecule has 0 saturated heterocycles. The summed E-state index contributed by atoms with van der Waals surface area (Å²) < 4.78 is 0. The van der Waals surface area contributed by atoms with Gasteiger partial charge >= 0.3 is 5.97 Å². The first-order chi connectivity index (χ1) is 7.02. The summed E-state index contributed by atoms with van der Waals surface area (Å²) in [6.45, 7) is 7.93. The van der Waals surface area contributed by atoms with Gasteiger partial charge in [0, 0.05) is 12.6 Å². The molecule has 0 aromatic heterocycles. The molecule has 2 N–H and O–H groups in total. The van der Waals surface area contributed by atoms with E-state index < -0.39 is 5.97 Å². The second-order valence-corrected chi connectivity index (χ2v) is 4.40. The molecule has 0 aliphatic carbocycles. The molecule has 0 saturated carbocycles. The highest BCUT2D eigenvalue weighted by Crippen LogP contribution is 2.05. The topological polar surface area (TPSA) is 49.3 Å². The lowest BCUT2D eigenvalue weighted by molar-refractivity contribution is -0.131. The van der Waals surface area contributed by atoms with Crippen molar-refractivity contribution in [3.63, 3.8) is 0 Å². The third-order valence-electron chi connectivity index (χ3n) is 2.16. The highest BCUT2D eigenvalue weighted by atomic mass is 16.4. The molecule has 0 bridgehead atoms. The third-order valence-corrected chi connectivity index (χ3v) is 2.16. The smallest absolute Gasteiger partial charge is 0.328 e. The van der Waals surface area contributed by atoms with E-state index in [4.69, 9.17) is 5.11 Å². The van der Waals surface area contributed by atoms with Gasteiger partial charge in [-0.3, -0.25) is 0 Å². The zero-order chi connectivity index (χ0) is 11.7. The number of unbranched alkanes of at least 4 members (excludes halogenated alkanes) is 1. The minimum Gasteiger partial charge on any atom is -0.478 e. The molecule has 0 unspecified atom stereocenters. The summed E-state index contributed by atoms with van der Waals surface area (Å²) in [7, 11) is 0. The average Bonchev–Trinajstić information content (AvgIpc) is 2.09. The molecule has 0 spiro atoms. The maximum absolute atomic E-state index is 10.3. The van der Waals surface area contributed by atoms with E-state index in [9.17, 15) is 4.79 Å². The van der Waals surface area contributed by atoms with Gasteiger partial charge in [0.25, 0.3) is 0 Å². The first-order valence-electron chi connectivity index (χ1n) is 5.63. The van der Waals surface area contributed by atoms with Crippen LogP contribution in [0, 0.1) is 5.92 Å². The molecular formula is C12H23NO2. The van der Waals surface area contributed by atoms with E-state index in [-0.39, 0.29) is 0 Å². The number of carboxylic acids is 1. The van der Waals surface area contributed by atoms with Gasteiger partial charge in [-0.15, -0.1) is 0 Å². The lowest BCUT2D eigenvalue weighted by Gasteiger charge is -2.06. The zero-order valence-corrected chi connectivity index (χ0v) is 10.0. The number of hydrogen-bond donors (Lipinski definition) is 2. The number of nitrogens with one attached hydrogen (secondary N) is 1. The maximum atomic E-state index is 10.3. The Labute approximate surface area is 92.6 Å². The van der Waals surface area contributed by atoms with Crippen LogP contribution in [0.15, 0.2) is 11.6 Å². The summed E-state index contributed by atoms with van der Waals surface area (Å²) in [6.07, 6.45) is 4.93. The van der Waals surface area contributed by atoms with Gasteiger partial charge in [0.1, 0.15) is 0 Å². The monoisotopic (exact) mass is 213 g/mol. The first kappa shape index (κ1) is 14.2. The molecule has 3 nitrogen and oxygen atoms in total. The number of rotatable bonds is 8. The van der Waals surface area contributed by atoms with Crippen molar-refractivity contribution in [1.82, 2.24) is 5.32 Å². The number of hydrogen-bond acceptors (Lipinski definition) is 2. The van der Waals surface area contributed by atoms with Crippen molar-refractivity contribution in [3.05, 3.63) is 11.6 Å². The fraction of sp³-hybridized carbons (Fsp3) is 0.750. The van der Waals surface area contributed by atoms with E-state index in [1.807, 2.05) is 6.92 Å². The summed E-state index contributed by atoms with van der Waals surface area (Å²) in [5.74, 6) is -0.0900. The van der Waals surface area contributed by atoms with Crippen molar-refractivity contribution in [2.75, 3.05) is 13.1 Å². The Bertz CT molecular complexity index is 210. The minimum atomic E-state index is -0.867. The third kappa shape index (κ3) is 11.1. The molecule has 0 fully saturated rings. The van der Waals surface area contributed by atoms with E-state index in [0.29, 0.717) is 6.54 Å². The van der Waals surface area contributed by atoms with Gasteiger partial charge in [-0.05, 0) is 25.8 Å². The van der Waals surface area contributed by atoms with E-state index in [1.165, 1.54) is 25.3 Å². The van der Waals surface area contributed by atoms with Crippen molar-refractivity contribution < 1.29 is 9.90 Å². The average molecular weight is 213 g/mol. The van der Waals surface area contributed by atoms with Crippen LogP contribution in [0.25, 0.3) is 0 Å². The van der Waals surface area contributed by atoms with Crippen LogP contribution >= 0.6 is 0 Å². The van der Waals surface area contributed by atoms with E-state index in [1.54, 1.807) is 0 Å². The van der Waals surface area contributed by atoms with Gasteiger partial charge in [-0.25, -0.2) is 4.79 Å². The summed E-state index contributed by atoms with van der Waals surface area (Å²) in [6, 6.07) is 0. The standard InChI is InChI=1S/C12H23NO2/c1-10(2)6-4-5-7-13-9-11(3)8-12(14)15/h8,10,13H,4-7,9H2,1-3H3,(H,14,15). The predicted molar refractivity (Wildman–Crippen MR) is 63.0 cm³/mol.